The van der Waals surface area contributed by atoms with Gasteiger partial charge in [-0.25, -0.2) is 4.98 Å². The van der Waals surface area contributed by atoms with Gasteiger partial charge in [0.05, 0.1) is 11.6 Å². The van der Waals surface area contributed by atoms with Gasteiger partial charge < -0.3 is 10.6 Å². The van der Waals surface area contributed by atoms with E-state index in [1.165, 1.54) is 19.3 Å². The fourth-order valence-electron chi connectivity index (χ4n) is 2.97. The molecule has 0 aliphatic carbocycles. The van der Waals surface area contributed by atoms with Gasteiger partial charge in [0.15, 0.2) is 11.7 Å². The molecular weight excluding hydrogens is 490 g/mol. The summed E-state index contributed by atoms with van der Waals surface area (Å²) in [6, 6.07) is 0.613. The Morgan fingerprint density at radius 1 is 1.37 bits per heavy atom. The number of aromatic nitrogens is 1. The second-order valence-corrected chi connectivity index (χ2v) is 7.39. The Morgan fingerprint density at radius 3 is 2.78 bits per heavy atom. The van der Waals surface area contributed by atoms with Gasteiger partial charge >= 0.3 is 6.18 Å². The average molecular weight is 519 g/mol. The lowest BCUT2D eigenvalue weighted by Gasteiger charge is -2.32. The third-order valence-corrected chi connectivity index (χ3v) is 5.32. The number of piperidine rings is 1. The van der Waals surface area contributed by atoms with Crippen molar-refractivity contribution in [3.8, 4) is 0 Å². The number of nitrogens with zero attached hydrogens (tertiary/aromatic N) is 3. The van der Waals surface area contributed by atoms with Crippen molar-refractivity contribution in [1.82, 2.24) is 20.5 Å². The molecule has 1 atom stereocenters. The van der Waals surface area contributed by atoms with Crippen LogP contribution in [0.1, 0.15) is 43.8 Å². The van der Waals surface area contributed by atoms with Crippen LogP contribution in [0.5, 0.6) is 0 Å². The summed E-state index contributed by atoms with van der Waals surface area (Å²) in [6.45, 7) is 8.24. The minimum absolute atomic E-state index is 0. The number of thiazole rings is 1. The van der Waals surface area contributed by atoms with Crippen LogP contribution in [0.25, 0.3) is 0 Å². The maximum atomic E-state index is 12.6. The molecule has 5 nitrogen and oxygen atoms in total. The first-order chi connectivity index (χ1) is 12.4. The van der Waals surface area contributed by atoms with E-state index in [4.69, 9.17) is 0 Å². The molecule has 2 heterocycles. The van der Waals surface area contributed by atoms with Crippen LogP contribution in [0, 0.1) is 0 Å². The van der Waals surface area contributed by atoms with Gasteiger partial charge in [-0.3, -0.25) is 9.89 Å². The van der Waals surface area contributed by atoms with Crippen LogP contribution in [-0.4, -0.2) is 54.6 Å². The number of rotatable bonds is 7. The summed E-state index contributed by atoms with van der Waals surface area (Å²) in [5, 5.41) is 7.88. The Hall–Kier alpha value is -0.620. The third kappa shape index (κ3) is 8.51. The first-order valence-corrected chi connectivity index (χ1v) is 10.1. The van der Waals surface area contributed by atoms with E-state index in [1.807, 2.05) is 6.92 Å². The molecule has 2 N–H and O–H groups in total. The Morgan fingerprint density at radius 2 is 2.15 bits per heavy atom. The molecular formula is C17H29F3IN5S. The van der Waals surface area contributed by atoms with Crippen LogP contribution in [0.2, 0.25) is 0 Å². The molecule has 0 bridgehead atoms. The van der Waals surface area contributed by atoms with E-state index in [-0.39, 0.29) is 24.0 Å². The van der Waals surface area contributed by atoms with Crippen LogP contribution in [0.15, 0.2) is 10.4 Å². The average Bonchev–Trinajstić information content (AvgIpc) is 3.06. The normalized spacial score (nSPS) is 18.9. The van der Waals surface area contributed by atoms with Crippen molar-refractivity contribution in [1.29, 1.82) is 0 Å². The molecule has 1 unspecified atom stereocenters. The van der Waals surface area contributed by atoms with Crippen molar-refractivity contribution >= 4 is 41.3 Å². The maximum absolute atomic E-state index is 12.6. The minimum atomic E-state index is -4.37. The molecule has 2 rings (SSSR count). The molecule has 156 valence electrons. The second-order valence-electron chi connectivity index (χ2n) is 6.44. The van der Waals surface area contributed by atoms with E-state index in [0.717, 1.165) is 36.4 Å². The number of halogens is 4. The lowest BCUT2D eigenvalue weighted by atomic mass is 10.0. The standard InChI is InChI=1S/C17H28F3N5S.HI/c1-3-21-16(23-9-11-25-10-5-4-6-13(25)2)22-8-7-15-24-14(12-26-15)17(18,19)20;/h12-13H,3-11H2,1-2H3,(H2,21,22,23);1H. The molecule has 1 fully saturated rings. The summed E-state index contributed by atoms with van der Waals surface area (Å²) >= 11 is 1.04. The van der Waals surface area contributed by atoms with Gasteiger partial charge in [0.25, 0.3) is 0 Å². The van der Waals surface area contributed by atoms with E-state index in [9.17, 15) is 13.2 Å². The molecule has 0 saturated carbocycles. The second kappa shape index (κ2) is 12.1. The highest BCUT2D eigenvalue weighted by atomic mass is 127. The van der Waals surface area contributed by atoms with Crippen molar-refractivity contribution in [2.24, 2.45) is 4.99 Å². The molecule has 1 saturated heterocycles. The van der Waals surface area contributed by atoms with Gasteiger partial charge in [0.1, 0.15) is 0 Å². The van der Waals surface area contributed by atoms with E-state index >= 15 is 0 Å². The monoisotopic (exact) mass is 519 g/mol. The van der Waals surface area contributed by atoms with Crippen LogP contribution >= 0.6 is 35.3 Å². The predicted octanol–water partition coefficient (Wildman–Crippen LogP) is 3.75. The van der Waals surface area contributed by atoms with Crippen LogP contribution in [0.4, 0.5) is 13.2 Å². The Kier molecular flexibility index (Phi) is 10.9. The zero-order chi connectivity index (χ0) is 19.0. The van der Waals surface area contributed by atoms with Crippen molar-refractivity contribution in [2.75, 3.05) is 32.7 Å². The molecule has 27 heavy (non-hydrogen) atoms. The number of guanidine groups is 1. The van der Waals surface area contributed by atoms with Crippen LogP contribution < -0.4 is 10.6 Å². The summed E-state index contributed by atoms with van der Waals surface area (Å²) in [5.41, 5.74) is -0.811. The zero-order valence-electron chi connectivity index (χ0n) is 15.8. The molecule has 0 radical (unpaired) electrons. The molecule has 1 aromatic rings. The summed E-state index contributed by atoms with van der Waals surface area (Å²) in [5.74, 6) is 0.699. The highest BCUT2D eigenvalue weighted by Crippen LogP contribution is 2.29. The quantitative estimate of drug-likeness (QED) is 0.328. The number of hydrogen-bond donors (Lipinski definition) is 2. The zero-order valence-corrected chi connectivity index (χ0v) is 19.0. The van der Waals surface area contributed by atoms with Gasteiger partial charge in [0, 0.05) is 37.5 Å². The molecule has 1 aliphatic heterocycles. The minimum Gasteiger partial charge on any atom is -0.357 e. The van der Waals surface area contributed by atoms with Gasteiger partial charge in [-0.05, 0) is 33.2 Å². The highest BCUT2D eigenvalue weighted by molar-refractivity contribution is 14.0. The van der Waals surface area contributed by atoms with Gasteiger partial charge in [-0.1, -0.05) is 6.42 Å². The molecule has 1 aliphatic rings. The molecule has 0 spiro atoms. The lowest BCUT2D eigenvalue weighted by Crippen LogP contribution is -2.41. The van der Waals surface area contributed by atoms with E-state index in [0.29, 0.717) is 36.5 Å². The summed E-state index contributed by atoms with van der Waals surface area (Å²) in [4.78, 5) is 10.7. The van der Waals surface area contributed by atoms with Gasteiger partial charge in [-0.2, -0.15) is 13.2 Å². The first-order valence-electron chi connectivity index (χ1n) is 9.18. The third-order valence-electron chi connectivity index (χ3n) is 4.42. The molecule has 1 aromatic heterocycles. The largest absolute Gasteiger partial charge is 0.434 e. The topological polar surface area (TPSA) is 52.6 Å². The number of alkyl halides is 3. The highest BCUT2D eigenvalue weighted by Gasteiger charge is 2.33. The number of aliphatic imine (C=N–C) groups is 1. The SMILES string of the molecule is CCNC(=NCCN1CCCCC1C)NCCc1nc(C(F)(F)F)cs1.I. The first kappa shape index (κ1) is 24.4. The molecule has 10 heteroatoms. The van der Waals surface area contributed by atoms with E-state index in [1.54, 1.807) is 0 Å². The number of likely N-dealkylation sites (tertiary alicyclic amines) is 1. The van der Waals surface area contributed by atoms with Crippen molar-refractivity contribution < 1.29 is 13.2 Å². The van der Waals surface area contributed by atoms with Crippen molar-refractivity contribution in [2.45, 2.75) is 51.7 Å². The van der Waals surface area contributed by atoms with E-state index < -0.39 is 11.9 Å². The van der Waals surface area contributed by atoms with Crippen molar-refractivity contribution in [3.05, 3.63) is 16.1 Å². The lowest BCUT2D eigenvalue weighted by molar-refractivity contribution is -0.140. The number of hydrogen-bond acceptors (Lipinski definition) is 4. The fraction of sp³-hybridized carbons (Fsp3) is 0.765. The maximum Gasteiger partial charge on any atom is 0.434 e. The summed E-state index contributed by atoms with van der Waals surface area (Å²) in [6.07, 6.45) is -0.133. The van der Waals surface area contributed by atoms with E-state index in [2.05, 4.69) is 32.4 Å². The Labute approximate surface area is 180 Å². The fourth-order valence-corrected chi connectivity index (χ4v) is 3.77. The number of nitrogens with one attached hydrogen (secondary N) is 2. The van der Waals surface area contributed by atoms with Crippen LogP contribution in [-0.2, 0) is 12.6 Å². The molecule has 0 aromatic carbocycles. The molecule has 0 amide bonds. The Bertz CT molecular complexity index is 579. The predicted molar refractivity (Wildman–Crippen MR) is 115 cm³/mol. The Balaban J connectivity index is 0.00000364. The van der Waals surface area contributed by atoms with Crippen LogP contribution in [0.3, 0.4) is 0 Å². The van der Waals surface area contributed by atoms with Gasteiger partial charge in [0.2, 0.25) is 0 Å². The smallest absolute Gasteiger partial charge is 0.357 e. The van der Waals surface area contributed by atoms with Gasteiger partial charge in [-0.15, -0.1) is 35.3 Å². The van der Waals surface area contributed by atoms with Crippen molar-refractivity contribution in [3.63, 3.8) is 0 Å². The summed E-state index contributed by atoms with van der Waals surface area (Å²) < 4.78 is 37.7. The summed E-state index contributed by atoms with van der Waals surface area (Å²) in [7, 11) is 0.